The van der Waals surface area contributed by atoms with Crippen LogP contribution in [0.1, 0.15) is 30.1 Å². The summed E-state index contributed by atoms with van der Waals surface area (Å²) in [5.41, 5.74) is 2.79. The Balaban J connectivity index is 1.43. The molecule has 1 N–H and O–H groups in total. The fraction of sp³-hybridized carbons (Fsp3) is 0.350. The molecule has 0 unspecified atom stereocenters. The molecule has 0 saturated carbocycles. The highest BCUT2D eigenvalue weighted by Crippen LogP contribution is 2.31. The Labute approximate surface area is 152 Å². The first-order valence-corrected chi connectivity index (χ1v) is 9.07. The van der Waals surface area contributed by atoms with Crippen LogP contribution >= 0.6 is 0 Å². The number of nitrogens with one attached hydrogen (secondary N) is 1. The van der Waals surface area contributed by atoms with Crippen molar-refractivity contribution in [3.63, 3.8) is 0 Å². The van der Waals surface area contributed by atoms with Gasteiger partial charge in [-0.25, -0.2) is 4.79 Å². The van der Waals surface area contributed by atoms with E-state index in [1.165, 1.54) is 0 Å². The summed E-state index contributed by atoms with van der Waals surface area (Å²) in [5.74, 6) is 0.129. The zero-order valence-corrected chi connectivity index (χ0v) is 14.6. The quantitative estimate of drug-likeness (QED) is 0.921. The zero-order chi connectivity index (χ0) is 17.9. The van der Waals surface area contributed by atoms with Crippen LogP contribution < -0.4 is 10.2 Å². The number of benzene rings is 1. The van der Waals surface area contributed by atoms with Crippen molar-refractivity contribution in [3.05, 3.63) is 59.9 Å². The van der Waals surface area contributed by atoms with Crippen LogP contribution in [0.25, 0.3) is 0 Å². The Morgan fingerprint density at radius 3 is 2.69 bits per heavy atom. The topological polar surface area (TPSA) is 65.5 Å². The SMILES string of the molecule is O=C1NCCN1c1ccc(CC(=O)N2CCC[C@H]2c2ccccn2)cc1. The van der Waals surface area contributed by atoms with Crippen molar-refractivity contribution in [2.75, 3.05) is 24.5 Å². The molecule has 3 amide bonds. The molecule has 2 aliphatic rings. The highest BCUT2D eigenvalue weighted by molar-refractivity contribution is 5.94. The molecule has 4 rings (SSSR count). The number of amides is 3. The van der Waals surface area contributed by atoms with Crippen LogP contribution in [0.2, 0.25) is 0 Å². The van der Waals surface area contributed by atoms with Crippen LogP contribution in [0.5, 0.6) is 0 Å². The lowest BCUT2D eigenvalue weighted by atomic mass is 10.1. The molecular formula is C20H22N4O2. The second-order valence-electron chi connectivity index (χ2n) is 6.73. The maximum atomic E-state index is 12.8. The predicted molar refractivity (Wildman–Crippen MR) is 98.8 cm³/mol. The van der Waals surface area contributed by atoms with Crippen molar-refractivity contribution in [2.45, 2.75) is 25.3 Å². The lowest BCUT2D eigenvalue weighted by Crippen LogP contribution is -2.32. The molecule has 6 heteroatoms. The van der Waals surface area contributed by atoms with E-state index in [9.17, 15) is 9.59 Å². The number of carbonyl (C=O) groups is 2. The first-order chi connectivity index (χ1) is 12.7. The maximum absolute atomic E-state index is 12.8. The molecule has 0 spiro atoms. The number of hydrogen-bond donors (Lipinski definition) is 1. The average Bonchev–Trinajstić information content (AvgIpc) is 3.32. The highest BCUT2D eigenvalue weighted by atomic mass is 16.2. The van der Waals surface area contributed by atoms with Crippen molar-refractivity contribution >= 4 is 17.6 Å². The van der Waals surface area contributed by atoms with Crippen LogP contribution in [0.3, 0.4) is 0 Å². The fourth-order valence-electron chi connectivity index (χ4n) is 3.73. The van der Waals surface area contributed by atoms with E-state index in [0.29, 0.717) is 19.5 Å². The molecule has 0 aliphatic carbocycles. The lowest BCUT2D eigenvalue weighted by molar-refractivity contribution is -0.131. The Morgan fingerprint density at radius 1 is 1.15 bits per heavy atom. The summed E-state index contributed by atoms with van der Waals surface area (Å²) in [6.45, 7) is 2.13. The Bertz CT molecular complexity index is 791. The summed E-state index contributed by atoms with van der Waals surface area (Å²) >= 11 is 0. The first kappa shape index (κ1) is 16.6. The number of urea groups is 1. The molecule has 1 aromatic carbocycles. The third kappa shape index (κ3) is 3.27. The van der Waals surface area contributed by atoms with Gasteiger partial charge >= 0.3 is 6.03 Å². The third-order valence-corrected chi connectivity index (χ3v) is 5.06. The Kier molecular flexibility index (Phi) is 4.56. The Morgan fingerprint density at radius 2 is 2.00 bits per heavy atom. The summed E-state index contributed by atoms with van der Waals surface area (Å²) in [6.07, 6.45) is 4.13. The van der Waals surface area contributed by atoms with Crippen LogP contribution in [-0.4, -0.2) is 41.5 Å². The highest BCUT2D eigenvalue weighted by Gasteiger charge is 2.30. The van der Waals surface area contributed by atoms with Gasteiger partial charge in [0.2, 0.25) is 5.91 Å². The molecular weight excluding hydrogens is 328 g/mol. The summed E-state index contributed by atoms with van der Waals surface area (Å²) in [6, 6.07) is 13.6. The molecule has 1 atom stereocenters. The first-order valence-electron chi connectivity index (χ1n) is 9.07. The minimum absolute atomic E-state index is 0.0657. The lowest BCUT2D eigenvalue weighted by Gasteiger charge is -2.24. The molecule has 0 radical (unpaired) electrons. The van der Waals surface area contributed by atoms with Gasteiger partial charge < -0.3 is 10.2 Å². The predicted octanol–water partition coefficient (Wildman–Crippen LogP) is 2.52. The van der Waals surface area contributed by atoms with E-state index >= 15 is 0 Å². The van der Waals surface area contributed by atoms with Crippen molar-refractivity contribution in [1.82, 2.24) is 15.2 Å². The van der Waals surface area contributed by atoms with E-state index in [1.54, 1.807) is 11.1 Å². The molecule has 134 valence electrons. The van der Waals surface area contributed by atoms with Crippen LogP contribution in [0.4, 0.5) is 10.5 Å². The van der Waals surface area contributed by atoms with Crippen LogP contribution in [0.15, 0.2) is 48.7 Å². The van der Waals surface area contributed by atoms with E-state index in [2.05, 4.69) is 10.3 Å². The molecule has 2 aliphatic heterocycles. The summed E-state index contributed by atoms with van der Waals surface area (Å²) in [4.78, 5) is 32.6. The monoisotopic (exact) mass is 350 g/mol. The van der Waals surface area contributed by atoms with Gasteiger partial charge in [-0.3, -0.25) is 14.7 Å². The van der Waals surface area contributed by atoms with Gasteiger partial charge in [0, 0.05) is 31.5 Å². The van der Waals surface area contributed by atoms with Gasteiger partial charge in [-0.15, -0.1) is 0 Å². The van der Waals surface area contributed by atoms with E-state index < -0.39 is 0 Å². The van der Waals surface area contributed by atoms with Crippen molar-refractivity contribution in [2.24, 2.45) is 0 Å². The smallest absolute Gasteiger partial charge is 0.321 e. The summed E-state index contributed by atoms with van der Waals surface area (Å²) in [7, 11) is 0. The standard InChI is InChI=1S/C20H22N4O2/c25-19(24-12-3-5-18(24)17-4-1-2-10-21-17)14-15-6-8-16(9-7-15)23-13-11-22-20(23)26/h1-2,4,6-10,18H,3,5,11-14H2,(H,22,26)/t18-/m0/s1. The van der Waals surface area contributed by atoms with E-state index in [4.69, 9.17) is 0 Å². The Hall–Kier alpha value is -2.89. The van der Waals surface area contributed by atoms with E-state index in [0.717, 1.165) is 36.3 Å². The van der Waals surface area contributed by atoms with Gasteiger partial charge in [-0.1, -0.05) is 18.2 Å². The van der Waals surface area contributed by atoms with Gasteiger partial charge in [-0.2, -0.15) is 0 Å². The van der Waals surface area contributed by atoms with Crippen LogP contribution in [-0.2, 0) is 11.2 Å². The van der Waals surface area contributed by atoms with Crippen molar-refractivity contribution in [3.8, 4) is 0 Å². The van der Waals surface area contributed by atoms with E-state index in [1.807, 2.05) is 47.4 Å². The van der Waals surface area contributed by atoms with Crippen molar-refractivity contribution in [1.29, 1.82) is 0 Å². The number of carbonyl (C=O) groups excluding carboxylic acids is 2. The van der Waals surface area contributed by atoms with Crippen LogP contribution in [0, 0.1) is 0 Å². The summed E-state index contributed by atoms with van der Waals surface area (Å²) < 4.78 is 0. The zero-order valence-electron chi connectivity index (χ0n) is 14.6. The molecule has 26 heavy (non-hydrogen) atoms. The molecule has 2 aromatic rings. The molecule has 2 fully saturated rings. The summed E-state index contributed by atoms with van der Waals surface area (Å²) in [5, 5.41) is 2.79. The minimum Gasteiger partial charge on any atom is -0.336 e. The van der Waals surface area contributed by atoms with Gasteiger partial charge in [0.1, 0.15) is 0 Å². The largest absolute Gasteiger partial charge is 0.336 e. The maximum Gasteiger partial charge on any atom is 0.321 e. The molecule has 0 bridgehead atoms. The van der Waals surface area contributed by atoms with Crippen molar-refractivity contribution < 1.29 is 9.59 Å². The fourth-order valence-corrected chi connectivity index (χ4v) is 3.73. The minimum atomic E-state index is -0.0657. The van der Waals surface area contributed by atoms with E-state index in [-0.39, 0.29) is 18.0 Å². The number of nitrogens with zero attached hydrogens (tertiary/aromatic N) is 3. The van der Waals surface area contributed by atoms with Gasteiger partial charge in [0.15, 0.2) is 0 Å². The van der Waals surface area contributed by atoms with Gasteiger partial charge in [-0.05, 0) is 42.7 Å². The van der Waals surface area contributed by atoms with Gasteiger partial charge in [0.05, 0.1) is 18.2 Å². The molecule has 1 aromatic heterocycles. The third-order valence-electron chi connectivity index (χ3n) is 5.06. The second-order valence-corrected chi connectivity index (χ2v) is 6.73. The average molecular weight is 350 g/mol. The number of anilines is 1. The molecule has 2 saturated heterocycles. The number of hydrogen-bond acceptors (Lipinski definition) is 3. The second kappa shape index (κ2) is 7.15. The normalized spacial score (nSPS) is 19.7. The number of rotatable bonds is 4. The van der Waals surface area contributed by atoms with Gasteiger partial charge in [0.25, 0.3) is 0 Å². The molecule has 3 heterocycles. The number of aromatic nitrogens is 1. The molecule has 6 nitrogen and oxygen atoms in total. The number of pyridine rings is 1. The number of likely N-dealkylation sites (tertiary alicyclic amines) is 1.